The number of hydrogen-bond donors (Lipinski definition) is 2. The molecule has 0 aromatic heterocycles. The third-order valence-corrected chi connectivity index (χ3v) is 4.06. The number of hydrogen-bond acceptors (Lipinski definition) is 4. The van der Waals surface area contributed by atoms with Crippen LogP contribution in [-0.2, 0) is 14.4 Å². The van der Waals surface area contributed by atoms with Crippen molar-refractivity contribution in [1.82, 2.24) is 15.1 Å². The highest BCUT2D eigenvalue weighted by atomic mass is 16.4. The highest BCUT2D eigenvalue weighted by Gasteiger charge is 2.45. The van der Waals surface area contributed by atoms with E-state index in [-0.39, 0.29) is 13.1 Å². The van der Waals surface area contributed by atoms with Gasteiger partial charge in [-0.05, 0) is 26.7 Å². The molecule has 8 heteroatoms. The van der Waals surface area contributed by atoms with Gasteiger partial charge in [-0.3, -0.25) is 19.7 Å². The van der Waals surface area contributed by atoms with Crippen LogP contribution in [0.5, 0.6) is 0 Å². The van der Waals surface area contributed by atoms with Crippen LogP contribution in [0, 0.1) is 5.92 Å². The van der Waals surface area contributed by atoms with Gasteiger partial charge in [-0.2, -0.15) is 0 Å². The van der Waals surface area contributed by atoms with Gasteiger partial charge in [-0.1, -0.05) is 0 Å². The number of piperazine rings is 1. The van der Waals surface area contributed by atoms with Crippen molar-refractivity contribution >= 4 is 23.8 Å². The molecule has 0 radical (unpaired) electrons. The van der Waals surface area contributed by atoms with Gasteiger partial charge in [0, 0.05) is 13.1 Å². The molecule has 0 unspecified atom stereocenters. The van der Waals surface area contributed by atoms with Crippen LogP contribution < -0.4 is 5.32 Å². The summed E-state index contributed by atoms with van der Waals surface area (Å²) < 4.78 is 0. The summed E-state index contributed by atoms with van der Waals surface area (Å²) in [5, 5.41) is 11.3. The number of piperidine rings is 1. The summed E-state index contributed by atoms with van der Waals surface area (Å²) in [4.78, 5) is 49.6. The van der Waals surface area contributed by atoms with Crippen molar-refractivity contribution in [2.24, 2.45) is 5.92 Å². The zero-order valence-electron chi connectivity index (χ0n) is 12.1. The zero-order valence-corrected chi connectivity index (χ0v) is 12.1. The van der Waals surface area contributed by atoms with Gasteiger partial charge in [0.1, 0.15) is 12.1 Å². The number of imide groups is 1. The van der Waals surface area contributed by atoms with Crippen LogP contribution >= 0.6 is 0 Å². The number of rotatable bonds is 1. The molecule has 8 nitrogen and oxygen atoms in total. The molecule has 2 heterocycles. The molecule has 21 heavy (non-hydrogen) atoms. The van der Waals surface area contributed by atoms with E-state index < -0.39 is 35.3 Å². The molecule has 2 aliphatic heterocycles. The smallest absolute Gasteiger partial charge is 0.321 e. The minimum absolute atomic E-state index is 0.108. The van der Waals surface area contributed by atoms with Crippen LogP contribution in [0.15, 0.2) is 0 Å². The van der Waals surface area contributed by atoms with Crippen LogP contribution in [0.4, 0.5) is 4.79 Å². The lowest BCUT2D eigenvalue weighted by molar-refractivity contribution is -0.145. The van der Waals surface area contributed by atoms with Crippen molar-refractivity contribution < 1.29 is 24.3 Å². The average molecular weight is 297 g/mol. The summed E-state index contributed by atoms with van der Waals surface area (Å²) in [5.74, 6) is -2.59. The van der Waals surface area contributed by atoms with E-state index in [9.17, 15) is 19.2 Å². The van der Waals surface area contributed by atoms with E-state index in [2.05, 4.69) is 5.32 Å². The number of likely N-dealkylation sites (tertiary alicyclic amines) is 1. The Balaban J connectivity index is 2.16. The molecule has 2 fully saturated rings. The Morgan fingerprint density at radius 2 is 2.00 bits per heavy atom. The summed E-state index contributed by atoms with van der Waals surface area (Å²) in [5.41, 5.74) is -1.14. The molecule has 2 saturated heterocycles. The number of carbonyl (C=O) groups is 4. The Bertz CT molecular complexity index is 502. The third kappa shape index (κ3) is 2.84. The number of nitrogens with zero attached hydrogens (tertiary/aromatic N) is 2. The number of carboxylic acids is 1. The predicted molar refractivity (Wildman–Crippen MR) is 71.3 cm³/mol. The fourth-order valence-electron chi connectivity index (χ4n) is 2.61. The number of nitrogens with one attached hydrogen (secondary N) is 1. The summed E-state index contributed by atoms with van der Waals surface area (Å²) in [7, 11) is 0. The van der Waals surface area contributed by atoms with Gasteiger partial charge in [0.25, 0.3) is 5.91 Å². The maximum atomic E-state index is 12.6. The SMILES string of the molecule is CC1(C)C(=O)NC(=O)CN1C(=O)N1CCC[C@H](C(=O)O)C1. The largest absolute Gasteiger partial charge is 0.481 e. The van der Waals surface area contributed by atoms with Crippen molar-refractivity contribution in [2.75, 3.05) is 19.6 Å². The van der Waals surface area contributed by atoms with Crippen molar-refractivity contribution in [3.8, 4) is 0 Å². The molecule has 2 rings (SSSR count). The number of aliphatic carboxylic acids is 1. The van der Waals surface area contributed by atoms with Crippen molar-refractivity contribution in [3.63, 3.8) is 0 Å². The van der Waals surface area contributed by atoms with Gasteiger partial charge in [0.2, 0.25) is 5.91 Å². The van der Waals surface area contributed by atoms with Crippen LogP contribution in [-0.4, -0.2) is 63.9 Å². The van der Waals surface area contributed by atoms with Crippen molar-refractivity contribution in [1.29, 1.82) is 0 Å². The number of carboxylic acid groups (broad SMARTS) is 1. The Kier molecular flexibility index (Phi) is 3.89. The van der Waals surface area contributed by atoms with Crippen LogP contribution in [0.3, 0.4) is 0 Å². The van der Waals surface area contributed by atoms with Gasteiger partial charge in [-0.15, -0.1) is 0 Å². The summed E-state index contributed by atoms with van der Waals surface area (Å²) >= 11 is 0. The standard InChI is InChI=1S/C13H19N3O5/c1-13(2)11(20)14-9(17)7-16(13)12(21)15-5-3-4-8(6-15)10(18)19/h8H,3-7H2,1-2H3,(H,18,19)(H,14,17,20)/t8-/m0/s1. The molecule has 1 atom stereocenters. The Labute approximate surface area is 122 Å². The lowest BCUT2D eigenvalue weighted by atomic mass is 9.97. The first-order chi connectivity index (χ1) is 9.73. The van der Waals surface area contributed by atoms with E-state index in [1.165, 1.54) is 9.80 Å². The maximum Gasteiger partial charge on any atom is 0.321 e. The molecule has 116 valence electrons. The molecule has 2 aliphatic rings. The van der Waals surface area contributed by atoms with E-state index in [0.29, 0.717) is 19.4 Å². The first kappa shape index (κ1) is 15.3. The first-order valence-electron chi connectivity index (χ1n) is 6.87. The topological polar surface area (TPSA) is 107 Å². The van der Waals surface area contributed by atoms with E-state index >= 15 is 0 Å². The molecule has 0 saturated carbocycles. The lowest BCUT2D eigenvalue weighted by Gasteiger charge is -2.43. The number of amides is 4. The van der Waals surface area contributed by atoms with Gasteiger partial charge in [-0.25, -0.2) is 4.79 Å². The van der Waals surface area contributed by atoms with E-state index in [4.69, 9.17) is 5.11 Å². The molecule has 0 aromatic rings. The normalized spacial score (nSPS) is 25.5. The summed E-state index contributed by atoms with van der Waals surface area (Å²) in [6.45, 7) is 3.46. The van der Waals surface area contributed by atoms with E-state index in [1.54, 1.807) is 13.8 Å². The maximum absolute atomic E-state index is 12.6. The van der Waals surface area contributed by atoms with Gasteiger partial charge < -0.3 is 14.9 Å². The van der Waals surface area contributed by atoms with Gasteiger partial charge in [0.05, 0.1) is 5.92 Å². The zero-order chi connectivity index (χ0) is 15.8. The van der Waals surface area contributed by atoms with E-state index in [0.717, 1.165) is 0 Å². The lowest BCUT2D eigenvalue weighted by Crippen LogP contribution is -2.67. The second kappa shape index (κ2) is 5.34. The highest BCUT2D eigenvalue weighted by Crippen LogP contribution is 2.23. The van der Waals surface area contributed by atoms with Gasteiger partial charge >= 0.3 is 12.0 Å². The fraction of sp³-hybridized carbons (Fsp3) is 0.692. The van der Waals surface area contributed by atoms with E-state index in [1.807, 2.05) is 0 Å². The molecule has 2 N–H and O–H groups in total. The molecular formula is C13H19N3O5. The van der Waals surface area contributed by atoms with Crippen molar-refractivity contribution in [2.45, 2.75) is 32.2 Å². The molecule has 0 aromatic carbocycles. The Hall–Kier alpha value is -2.12. The molecular weight excluding hydrogens is 278 g/mol. The minimum Gasteiger partial charge on any atom is -0.481 e. The summed E-state index contributed by atoms with van der Waals surface area (Å²) in [6.07, 6.45) is 1.12. The van der Waals surface area contributed by atoms with Crippen LogP contribution in [0.2, 0.25) is 0 Å². The fourth-order valence-corrected chi connectivity index (χ4v) is 2.61. The third-order valence-electron chi connectivity index (χ3n) is 4.06. The second-order valence-corrected chi connectivity index (χ2v) is 5.93. The quantitative estimate of drug-likeness (QED) is 0.643. The first-order valence-corrected chi connectivity index (χ1v) is 6.87. The number of carbonyl (C=O) groups excluding carboxylic acids is 3. The minimum atomic E-state index is -1.14. The highest BCUT2D eigenvalue weighted by molar-refractivity contribution is 6.06. The monoisotopic (exact) mass is 297 g/mol. The molecule has 0 spiro atoms. The molecule has 0 aliphatic carbocycles. The second-order valence-electron chi connectivity index (χ2n) is 5.93. The van der Waals surface area contributed by atoms with Crippen LogP contribution in [0.25, 0.3) is 0 Å². The summed E-state index contributed by atoms with van der Waals surface area (Å²) in [6, 6.07) is -0.464. The van der Waals surface area contributed by atoms with Crippen LogP contribution in [0.1, 0.15) is 26.7 Å². The molecule has 4 amide bonds. The van der Waals surface area contributed by atoms with Crippen molar-refractivity contribution in [3.05, 3.63) is 0 Å². The number of urea groups is 1. The Morgan fingerprint density at radius 1 is 1.33 bits per heavy atom. The predicted octanol–water partition coefficient (Wildman–Crippen LogP) is -0.360. The molecule has 0 bridgehead atoms. The van der Waals surface area contributed by atoms with Gasteiger partial charge in [0.15, 0.2) is 0 Å². The Morgan fingerprint density at radius 3 is 2.62 bits per heavy atom. The average Bonchev–Trinajstić information content (AvgIpc) is 2.42.